The van der Waals surface area contributed by atoms with Gasteiger partial charge in [-0.3, -0.25) is 0 Å². The van der Waals surface area contributed by atoms with Crippen LogP contribution in [0, 0.1) is 40.4 Å². The number of allylic oxidation sites excluding steroid dienone is 2. The Morgan fingerprint density at radius 1 is 1.06 bits per heavy atom. The maximum atomic E-state index is 4.97. The first kappa shape index (κ1) is 21.9. The Hall–Kier alpha value is -1.57. The van der Waals surface area contributed by atoms with E-state index < -0.39 is 0 Å². The van der Waals surface area contributed by atoms with Crippen LogP contribution in [0.25, 0.3) is 11.0 Å². The third-order valence-corrected chi connectivity index (χ3v) is 11.5. The van der Waals surface area contributed by atoms with E-state index in [0.717, 1.165) is 41.5 Å². The molecule has 4 aliphatic carbocycles. The van der Waals surface area contributed by atoms with Gasteiger partial charge in [0, 0.05) is 13.5 Å². The van der Waals surface area contributed by atoms with E-state index >= 15 is 0 Å². The number of benzene rings is 1. The second-order valence-electron chi connectivity index (χ2n) is 12.8. The summed E-state index contributed by atoms with van der Waals surface area (Å²) in [6.07, 6.45) is 18.2. The largest absolute Gasteiger partial charge is 0.331 e. The fourth-order valence-corrected chi connectivity index (χ4v) is 9.65. The van der Waals surface area contributed by atoms with E-state index in [1.165, 1.54) is 75.5 Å². The molecule has 2 nitrogen and oxygen atoms in total. The van der Waals surface area contributed by atoms with Crippen molar-refractivity contribution < 1.29 is 0 Å². The number of hydrogen-bond donors (Lipinski definition) is 0. The number of imidazole rings is 1. The molecule has 7 unspecified atom stereocenters. The van der Waals surface area contributed by atoms with E-state index in [9.17, 15) is 0 Å². The van der Waals surface area contributed by atoms with Crippen molar-refractivity contribution in [2.75, 3.05) is 0 Å². The smallest absolute Gasteiger partial charge is 0.109 e. The Balaban J connectivity index is 1.18. The lowest BCUT2D eigenvalue weighted by Gasteiger charge is -2.58. The van der Waals surface area contributed by atoms with Gasteiger partial charge in [0.05, 0.1) is 11.0 Å². The van der Waals surface area contributed by atoms with Crippen molar-refractivity contribution in [1.29, 1.82) is 0 Å². The van der Waals surface area contributed by atoms with Gasteiger partial charge in [0.2, 0.25) is 0 Å². The summed E-state index contributed by atoms with van der Waals surface area (Å²) < 4.78 is 2.32. The summed E-state index contributed by atoms with van der Waals surface area (Å²) >= 11 is 0. The number of hydrogen-bond acceptors (Lipinski definition) is 1. The topological polar surface area (TPSA) is 17.8 Å². The molecule has 1 aromatic heterocycles. The van der Waals surface area contributed by atoms with Gasteiger partial charge in [-0.1, -0.05) is 51.0 Å². The van der Waals surface area contributed by atoms with E-state index in [1.807, 2.05) is 5.57 Å². The second kappa shape index (κ2) is 7.99. The highest BCUT2D eigenvalue weighted by atomic mass is 15.1. The lowest BCUT2D eigenvalue weighted by atomic mass is 9.47. The maximum Gasteiger partial charge on any atom is 0.109 e. The van der Waals surface area contributed by atoms with Crippen LogP contribution in [0.2, 0.25) is 0 Å². The first-order chi connectivity index (χ1) is 15.9. The van der Waals surface area contributed by atoms with Crippen molar-refractivity contribution in [2.24, 2.45) is 47.5 Å². The molecule has 178 valence electrons. The van der Waals surface area contributed by atoms with Crippen LogP contribution in [0.5, 0.6) is 0 Å². The molecule has 3 saturated carbocycles. The zero-order valence-electron chi connectivity index (χ0n) is 21.4. The standard InChI is InChI=1S/C31H44N2/c1-21(12-17-29-32-27-10-5-6-11-28(27)33(29)4)24-15-16-25-23-14-13-22-9-7-8-19-30(22,2)26(23)18-20-31(24,25)3/h5-6,10-11,13,21,23-26H,7-9,12,14-20H2,1-4H3. The summed E-state index contributed by atoms with van der Waals surface area (Å²) in [6.45, 7) is 7.93. The molecular formula is C31H44N2. The molecule has 1 aromatic carbocycles. The summed E-state index contributed by atoms with van der Waals surface area (Å²) in [7, 11) is 2.19. The Kier molecular flexibility index (Phi) is 5.31. The van der Waals surface area contributed by atoms with E-state index in [0.29, 0.717) is 10.8 Å². The normalized spacial score (nSPS) is 39.0. The van der Waals surface area contributed by atoms with Gasteiger partial charge in [0.25, 0.3) is 0 Å². The van der Waals surface area contributed by atoms with Crippen LogP contribution in [0.3, 0.4) is 0 Å². The van der Waals surface area contributed by atoms with Gasteiger partial charge in [0.1, 0.15) is 5.82 Å². The van der Waals surface area contributed by atoms with Gasteiger partial charge < -0.3 is 4.57 Å². The van der Waals surface area contributed by atoms with E-state index in [2.05, 4.69) is 62.7 Å². The Morgan fingerprint density at radius 2 is 1.91 bits per heavy atom. The Morgan fingerprint density at radius 3 is 2.76 bits per heavy atom. The SMILES string of the molecule is CC(CCc1nc2ccccc2n1C)C1CCC2C3CC=C4CCCCC4(C)C3CCC12C. The van der Waals surface area contributed by atoms with Crippen LogP contribution in [0.4, 0.5) is 0 Å². The van der Waals surface area contributed by atoms with E-state index in [-0.39, 0.29) is 0 Å². The molecular weight excluding hydrogens is 400 g/mol. The number of fused-ring (bicyclic) bond motifs is 6. The first-order valence-electron chi connectivity index (χ1n) is 14.0. The monoisotopic (exact) mass is 444 g/mol. The zero-order chi connectivity index (χ0) is 22.8. The minimum absolute atomic E-state index is 0.534. The molecule has 0 bridgehead atoms. The summed E-state index contributed by atoms with van der Waals surface area (Å²) in [4.78, 5) is 4.97. The molecule has 0 saturated heterocycles. The van der Waals surface area contributed by atoms with Crippen LogP contribution in [0.15, 0.2) is 35.9 Å². The molecule has 1 heterocycles. The molecule has 3 fully saturated rings. The summed E-state index contributed by atoms with van der Waals surface area (Å²) in [5.41, 5.74) is 5.36. The fourth-order valence-electron chi connectivity index (χ4n) is 9.65. The number of nitrogens with zero attached hydrogens (tertiary/aromatic N) is 2. The molecule has 6 rings (SSSR count). The minimum Gasteiger partial charge on any atom is -0.331 e. The fraction of sp³-hybridized carbons (Fsp3) is 0.710. The van der Waals surface area contributed by atoms with Crippen LogP contribution < -0.4 is 0 Å². The average molecular weight is 445 g/mol. The molecule has 2 aromatic rings. The quantitative estimate of drug-likeness (QED) is 0.435. The highest BCUT2D eigenvalue weighted by Gasteiger charge is 2.58. The number of aryl methyl sites for hydroxylation is 2. The van der Waals surface area contributed by atoms with Crippen molar-refractivity contribution >= 4 is 11.0 Å². The molecule has 7 atom stereocenters. The van der Waals surface area contributed by atoms with Gasteiger partial charge in [-0.2, -0.15) is 0 Å². The van der Waals surface area contributed by atoms with Gasteiger partial charge >= 0.3 is 0 Å². The molecule has 0 radical (unpaired) electrons. The van der Waals surface area contributed by atoms with Crippen LogP contribution in [0.1, 0.15) is 90.8 Å². The maximum absolute atomic E-state index is 4.97. The predicted octanol–water partition coefficient (Wildman–Crippen LogP) is 8.11. The molecule has 0 amide bonds. The van der Waals surface area contributed by atoms with Crippen LogP contribution >= 0.6 is 0 Å². The van der Waals surface area contributed by atoms with Crippen LogP contribution in [-0.2, 0) is 13.5 Å². The van der Waals surface area contributed by atoms with Crippen molar-refractivity contribution in [3.8, 4) is 0 Å². The number of para-hydroxylation sites is 2. The number of rotatable bonds is 4. The molecule has 0 N–H and O–H groups in total. The number of aromatic nitrogens is 2. The van der Waals surface area contributed by atoms with Crippen molar-refractivity contribution in [1.82, 2.24) is 9.55 Å². The molecule has 4 aliphatic rings. The van der Waals surface area contributed by atoms with Crippen molar-refractivity contribution in [3.63, 3.8) is 0 Å². The summed E-state index contributed by atoms with van der Waals surface area (Å²) in [5.74, 6) is 5.81. The predicted molar refractivity (Wildman–Crippen MR) is 138 cm³/mol. The zero-order valence-corrected chi connectivity index (χ0v) is 21.4. The lowest BCUT2D eigenvalue weighted by molar-refractivity contribution is -0.0498. The minimum atomic E-state index is 0.534. The molecule has 2 heteroatoms. The molecule has 33 heavy (non-hydrogen) atoms. The van der Waals surface area contributed by atoms with Crippen molar-refractivity contribution in [2.45, 2.75) is 91.4 Å². The third kappa shape index (κ3) is 3.29. The van der Waals surface area contributed by atoms with E-state index in [1.54, 1.807) is 0 Å². The third-order valence-electron chi connectivity index (χ3n) is 11.5. The Bertz CT molecular complexity index is 1060. The average Bonchev–Trinajstić information content (AvgIpc) is 3.34. The van der Waals surface area contributed by atoms with Gasteiger partial charge in [-0.15, -0.1) is 0 Å². The molecule has 0 aliphatic heterocycles. The first-order valence-corrected chi connectivity index (χ1v) is 14.0. The van der Waals surface area contributed by atoms with E-state index in [4.69, 9.17) is 4.98 Å². The Labute approximate surface area is 201 Å². The highest BCUT2D eigenvalue weighted by Crippen LogP contribution is 2.67. The van der Waals surface area contributed by atoms with Gasteiger partial charge in [0.15, 0.2) is 0 Å². The summed E-state index contributed by atoms with van der Waals surface area (Å²) in [5, 5.41) is 0. The highest BCUT2D eigenvalue weighted by molar-refractivity contribution is 5.75. The van der Waals surface area contributed by atoms with Gasteiger partial charge in [-0.25, -0.2) is 4.98 Å². The summed E-state index contributed by atoms with van der Waals surface area (Å²) in [6, 6.07) is 8.59. The van der Waals surface area contributed by atoms with Crippen molar-refractivity contribution in [3.05, 3.63) is 41.7 Å². The molecule has 0 spiro atoms. The second-order valence-corrected chi connectivity index (χ2v) is 12.8. The van der Waals surface area contributed by atoms with Gasteiger partial charge in [-0.05, 0) is 110 Å². The van der Waals surface area contributed by atoms with Crippen LogP contribution in [-0.4, -0.2) is 9.55 Å². The lowest BCUT2D eigenvalue weighted by Crippen LogP contribution is -2.50.